The Labute approximate surface area is 210 Å². The molecule has 0 saturated heterocycles. The third-order valence-electron chi connectivity index (χ3n) is 5.20. The molecule has 0 atom stereocenters. The molecule has 1 aromatic heterocycles. The summed E-state index contributed by atoms with van der Waals surface area (Å²) >= 11 is 12.8. The van der Waals surface area contributed by atoms with Gasteiger partial charge in [-0.3, -0.25) is 10.1 Å². The highest BCUT2D eigenvalue weighted by Crippen LogP contribution is 2.39. The van der Waals surface area contributed by atoms with Gasteiger partial charge in [0, 0.05) is 22.0 Å². The predicted molar refractivity (Wildman–Crippen MR) is 137 cm³/mol. The average Bonchev–Trinajstić information content (AvgIpc) is 3.17. The van der Waals surface area contributed by atoms with Crippen molar-refractivity contribution in [3.05, 3.63) is 73.6 Å². The number of carbonyl (C=O) groups excluding carboxylic acids is 1. The molecule has 4 rings (SSSR count). The summed E-state index contributed by atoms with van der Waals surface area (Å²) in [6.07, 6.45) is 3.80. The van der Waals surface area contributed by atoms with Crippen molar-refractivity contribution in [2.45, 2.75) is 25.7 Å². The Morgan fingerprint density at radius 2 is 1.85 bits per heavy atom. The van der Waals surface area contributed by atoms with E-state index in [1.165, 1.54) is 30.6 Å². The number of carbonyl (C=O) groups is 1. The zero-order valence-electron chi connectivity index (χ0n) is 18.1. The molecule has 0 saturated carbocycles. The molecule has 3 aromatic rings. The molecule has 0 fully saturated rings. The summed E-state index contributed by atoms with van der Waals surface area (Å²) in [4.78, 5) is 24.5. The number of thiocarbonyl (C=S) groups is 1. The van der Waals surface area contributed by atoms with Gasteiger partial charge in [0.1, 0.15) is 16.5 Å². The molecule has 0 aliphatic heterocycles. The second-order valence-corrected chi connectivity index (χ2v) is 9.46. The molecule has 176 valence electrons. The number of thiophene rings is 1. The number of fused-ring (bicyclic) bond motifs is 1. The number of esters is 1. The molecule has 0 spiro atoms. The number of ether oxygens (including phenoxy) is 2. The first kappa shape index (κ1) is 23.9. The van der Waals surface area contributed by atoms with Crippen molar-refractivity contribution in [2.75, 3.05) is 17.7 Å². The van der Waals surface area contributed by atoms with Crippen LogP contribution in [0.4, 0.5) is 16.4 Å². The minimum absolute atomic E-state index is 0.168. The molecule has 0 bridgehead atoms. The molecular weight excluding hydrogens is 498 g/mol. The monoisotopic (exact) mass is 517 g/mol. The maximum absolute atomic E-state index is 12.4. The average molecular weight is 518 g/mol. The van der Waals surface area contributed by atoms with E-state index in [1.54, 1.807) is 30.3 Å². The zero-order chi connectivity index (χ0) is 24.2. The predicted octanol–water partition coefficient (Wildman–Crippen LogP) is 6.58. The second-order valence-electron chi connectivity index (χ2n) is 7.51. The quantitative estimate of drug-likeness (QED) is 0.164. The van der Waals surface area contributed by atoms with Crippen LogP contribution in [0.25, 0.3) is 0 Å². The fraction of sp³-hybridized carbons (Fsp3) is 0.217. The minimum Gasteiger partial charge on any atom is -0.465 e. The third-order valence-corrected chi connectivity index (χ3v) is 6.86. The highest BCUT2D eigenvalue weighted by molar-refractivity contribution is 7.80. The van der Waals surface area contributed by atoms with Crippen LogP contribution in [0, 0.1) is 10.1 Å². The van der Waals surface area contributed by atoms with E-state index in [1.807, 2.05) is 0 Å². The standard InChI is InChI=1S/C23H20ClN3O5S2/c1-31-22(28)20-18-4-2-3-5-19(18)34-21(20)26-23(33)25-14-10-15(27(29)30)12-17(11-14)32-16-8-6-13(24)7-9-16/h6-12H,2-5H2,1H3,(H2,25,26,33). The molecule has 0 unspecified atom stereocenters. The first-order valence-corrected chi connectivity index (χ1v) is 12.0. The van der Waals surface area contributed by atoms with Crippen molar-refractivity contribution >= 4 is 62.6 Å². The highest BCUT2D eigenvalue weighted by atomic mass is 35.5. The van der Waals surface area contributed by atoms with Gasteiger partial charge >= 0.3 is 5.97 Å². The van der Waals surface area contributed by atoms with Gasteiger partial charge in [-0.05, 0) is 67.7 Å². The van der Waals surface area contributed by atoms with E-state index >= 15 is 0 Å². The molecule has 34 heavy (non-hydrogen) atoms. The number of non-ortho nitro benzene ring substituents is 1. The number of nitrogens with one attached hydrogen (secondary N) is 2. The smallest absolute Gasteiger partial charge is 0.341 e. The van der Waals surface area contributed by atoms with Gasteiger partial charge in [0.15, 0.2) is 5.11 Å². The number of nitrogens with zero attached hydrogens (tertiary/aromatic N) is 1. The van der Waals surface area contributed by atoms with Gasteiger partial charge in [0.2, 0.25) is 0 Å². The number of methoxy groups -OCH3 is 1. The van der Waals surface area contributed by atoms with E-state index in [9.17, 15) is 14.9 Å². The molecule has 8 nitrogen and oxygen atoms in total. The van der Waals surface area contributed by atoms with Crippen LogP contribution in [0.15, 0.2) is 42.5 Å². The van der Waals surface area contributed by atoms with Crippen LogP contribution >= 0.6 is 35.2 Å². The van der Waals surface area contributed by atoms with Crippen LogP contribution in [0.1, 0.15) is 33.6 Å². The van der Waals surface area contributed by atoms with Gasteiger partial charge in [-0.15, -0.1) is 11.3 Å². The van der Waals surface area contributed by atoms with Gasteiger partial charge in [-0.25, -0.2) is 4.79 Å². The summed E-state index contributed by atoms with van der Waals surface area (Å²) in [5.41, 5.74) is 1.69. The minimum atomic E-state index is -0.515. The number of aryl methyl sites for hydroxylation is 1. The Bertz CT molecular complexity index is 1260. The molecule has 0 amide bonds. The number of anilines is 2. The number of halogens is 1. The summed E-state index contributed by atoms with van der Waals surface area (Å²) in [5.74, 6) is 0.311. The van der Waals surface area contributed by atoms with Crippen LogP contribution in [-0.4, -0.2) is 23.1 Å². The molecule has 0 radical (unpaired) electrons. The second kappa shape index (κ2) is 10.4. The van der Waals surface area contributed by atoms with Crippen molar-refractivity contribution < 1.29 is 19.2 Å². The Kier molecular flexibility index (Phi) is 7.30. The van der Waals surface area contributed by atoms with Gasteiger partial charge in [-0.2, -0.15) is 0 Å². The molecule has 2 N–H and O–H groups in total. The topological polar surface area (TPSA) is 103 Å². The Balaban J connectivity index is 1.56. The summed E-state index contributed by atoms with van der Waals surface area (Å²) < 4.78 is 10.7. The number of hydrogen-bond acceptors (Lipinski definition) is 7. The van der Waals surface area contributed by atoms with Gasteiger partial charge in [-0.1, -0.05) is 11.6 Å². The van der Waals surface area contributed by atoms with Gasteiger partial charge in [0.25, 0.3) is 5.69 Å². The number of rotatable bonds is 6. The lowest BCUT2D eigenvalue weighted by molar-refractivity contribution is -0.384. The SMILES string of the molecule is COC(=O)c1c(NC(=S)Nc2cc(Oc3ccc(Cl)cc3)cc([N+](=O)[O-])c2)sc2c1CCCC2. The van der Waals surface area contributed by atoms with Crippen molar-refractivity contribution in [2.24, 2.45) is 0 Å². The summed E-state index contributed by atoms with van der Waals surface area (Å²) in [6, 6.07) is 10.9. The maximum atomic E-state index is 12.4. The normalized spacial score (nSPS) is 12.4. The van der Waals surface area contributed by atoms with E-state index in [0.717, 1.165) is 36.1 Å². The largest absolute Gasteiger partial charge is 0.465 e. The molecule has 11 heteroatoms. The Hall–Kier alpha value is -3.21. The number of benzene rings is 2. The van der Waals surface area contributed by atoms with Crippen LogP contribution in [0.2, 0.25) is 5.02 Å². The molecule has 1 aliphatic carbocycles. The van der Waals surface area contributed by atoms with Gasteiger partial charge < -0.3 is 20.1 Å². The van der Waals surface area contributed by atoms with Crippen molar-refractivity contribution in [3.63, 3.8) is 0 Å². The van der Waals surface area contributed by atoms with E-state index in [-0.39, 0.29) is 16.5 Å². The van der Waals surface area contributed by atoms with E-state index in [0.29, 0.717) is 27.0 Å². The molecule has 1 aliphatic rings. The van der Waals surface area contributed by atoms with Crippen LogP contribution < -0.4 is 15.4 Å². The Morgan fingerprint density at radius 3 is 2.56 bits per heavy atom. The third kappa shape index (κ3) is 5.46. The van der Waals surface area contributed by atoms with E-state index < -0.39 is 10.9 Å². The van der Waals surface area contributed by atoms with Crippen molar-refractivity contribution in [1.29, 1.82) is 0 Å². The number of hydrogen-bond donors (Lipinski definition) is 2. The lowest BCUT2D eigenvalue weighted by atomic mass is 9.95. The number of nitro benzene ring substituents is 1. The van der Waals surface area contributed by atoms with Crippen LogP contribution in [0.5, 0.6) is 11.5 Å². The molecule has 1 heterocycles. The summed E-state index contributed by atoms with van der Waals surface area (Å²) in [6.45, 7) is 0. The molecular formula is C23H20ClN3O5S2. The zero-order valence-corrected chi connectivity index (χ0v) is 20.4. The maximum Gasteiger partial charge on any atom is 0.341 e. The lowest BCUT2D eigenvalue weighted by Gasteiger charge is -2.13. The lowest BCUT2D eigenvalue weighted by Crippen LogP contribution is -2.20. The first-order valence-electron chi connectivity index (χ1n) is 10.4. The first-order chi connectivity index (χ1) is 16.3. The highest BCUT2D eigenvalue weighted by Gasteiger charge is 2.26. The number of nitro groups is 1. The van der Waals surface area contributed by atoms with Crippen LogP contribution in [-0.2, 0) is 17.6 Å². The fourth-order valence-electron chi connectivity index (χ4n) is 3.70. The van der Waals surface area contributed by atoms with Crippen molar-refractivity contribution in [1.82, 2.24) is 0 Å². The fourth-order valence-corrected chi connectivity index (χ4v) is 5.39. The van der Waals surface area contributed by atoms with E-state index in [2.05, 4.69) is 10.6 Å². The van der Waals surface area contributed by atoms with Gasteiger partial charge in [0.05, 0.1) is 29.4 Å². The van der Waals surface area contributed by atoms with E-state index in [4.69, 9.17) is 33.3 Å². The summed E-state index contributed by atoms with van der Waals surface area (Å²) in [5, 5.41) is 18.8. The summed E-state index contributed by atoms with van der Waals surface area (Å²) in [7, 11) is 1.35. The molecule has 2 aromatic carbocycles. The van der Waals surface area contributed by atoms with Crippen molar-refractivity contribution in [3.8, 4) is 11.5 Å². The van der Waals surface area contributed by atoms with Crippen LogP contribution in [0.3, 0.4) is 0 Å². The Morgan fingerprint density at radius 1 is 1.12 bits per heavy atom.